The molecule has 2 heteroatoms. The Hall–Kier alpha value is -1.02. The largest absolute Gasteiger partial charge is 0.758 e. The number of para-hydroxylation sites is 1. The highest BCUT2D eigenvalue weighted by atomic mass is 16.5. The molecule has 10 heavy (non-hydrogen) atoms. The molecule has 0 saturated heterocycles. The Morgan fingerprint density at radius 1 is 1.30 bits per heavy atom. The first kappa shape index (κ1) is 7.09. The van der Waals surface area contributed by atoms with Crippen LogP contribution in [0.2, 0.25) is 0 Å². The maximum absolute atomic E-state index is 10.8. The van der Waals surface area contributed by atoms with Crippen molar-refractivity contribution in [2.24, 2.45) is 0 Å². The summed E-state index contributed by atoms with van der Waals surface area (Å²) in [4.78, 5) is 0. The molecule has 54 valence electrons. The molecule has 0 atom stereocenters. The zero-order chi connectivity index (χ0) is 7.56. The van der Waals surface area contributed by atoms with E-state index in [1.54, 1.807) is 0 Å². The van der Waals surface area contributed by atoms with Gasteiger partial charge in [-0.2, -0.15) is 0 Å². The highest BCUT2D eigenvalue weighted by Crippen LogP contribution is 2.15. The van der Waals surface area contributed by atoms with Gasteiger partial charge < -0.3 is 10.3 Å². The van der Waals surface area contributed by atoms with Crippen LogP contribution in [-0.4, -0.2) is 7.05 Å². The standard InChI is InChI=1S/C8H10NO/c1-7-5-3-4-6-8(7)9(2)10/h3-6H,1-2H3/q-1. The monoisotopic (exact) mass is 136 g/mol. The van der Waals surface area contributed by atoms with E-state index in [4.69, 9.17) is 0 Å². The molecule has 1 aromatic carbocycles. The molecule has 0 spiro atoms. The minimum absolute atomic E-state index is 0.738. The van der Waals surface area contributed by atoms with Crippen molar-refractivity contribution in [1.82, 2.24) is 0 Å². The lowest BCUT2D eigenvalue weighted by molar-refractivity contribution is 1.19. The first-order valence-electron chi connectivity index (χ1n) is 3.18. The van der Waals surface area contributed by atoms with E-state index < -0.39 is 0 Å². The number of anilines is 1. The summed E-state index contributed by atoms with van der Waals surface area (Å²) < 4.78 is 0. The van der Waals surface area contributed by atoms with Gasteiger partial charge in [0.2, 0.25) is 0 Å². The number of benzene rings is 1. The minimum Gasteiger partial charge on any atom is -0.758 e. The molecule has 0 aliphatic rings. The van der Waals surface area contributed by atoms with Crippen molar-refractivity contribution in [3.8, 4) is 0 Å². The molecule has 1 rings (SSSR count). The molecule has 0 amide bonds. The fraction of sp³-hybridized carbons (Fsp3) is 0.250. The Morgan fingerprint density at radius 2 is 1.90 bits per heavy atom. The lowest BCUT2D eigenvalue weighted by Crippen LogP contribution is -2.06. The third kappa shape index (κ3) is 1.28. The Bertz CT molecular complexity index is 220. The second-order valence-electron chi connectivity index (χ2n) is 2.28. The van der Waals surface area contributed by atoms with E-state index in [1.165, 1.54) is 7.05 Å². The predicted molar refractivity (Wildman–Crippen MR) is 42.9 cm³/mol. The van der Waals surface area contributed by atoms with Gasteiger partial charge in [0.1, 0.15) is 0 Å². The lowest BCUT2D eigenvalue weighted by Gasteiger charge is -2.26. The van der Waals surface area contributed by atoms with E-state index in [0.29, 0.717) is 0 Å². The van der Waals surface area contributed by atoms with Crippen molar-refractivity contribution in [2.75, 3.05) is 12.1 Å². The number of nitrogens with zero attached hydrogens (tertiary/aromatic N) is 1. The Morgan fingerprint density at radius 3 is 2.30 bits per heavy atom. The van der Waals surface area contributed by atoms with Crippen LogP contribution in [0.1, 0.15) is 5.56 Å². The summed E-state index contributed by atoms with van der Waals surface area (Å²) in [5, 5.41) is 11.7. The number of aryl methyl sites for hydroxylation is 1. The van der Waals surface area contributed by atoms with Crippen molar-refractivity contribution in [3.63, 3.8) is 0 Å². The van der Waals surface area contributed by atoms with Gasteiger partial charge in [0.15, 0.2) is 0 Å². The van der Waals surface area contributed by atoms with Crippen LogP contribution in [0.3, 0.4) is 0 Å². The average Bonchev–Trinajstić information content (AvgIpc) is 1.88. The number of rotatable bonds is 1. The molecule has 0 fully saturated rings. The quantitative estimate of drug-likeness (QED) is 0.551. The van der Waals surface area contributed by atoms with Crippen LogP contribution in [0.4, 0.5) is 5.69 Å². The minimum atomic E-state index is 0.738. The zero-order valence-corrected chi connectivity index (χ0v) is 6.16. The van der Waals surface area contributed by atoms with Crippen LogP contribution in [-0.2, 0) is 0 Å². The second-order valence-corrected chi connectivity index (χ2v) is 2.28. The van der Waals surface area contributed by atoms with Crippen LogP contribution in [0.25, 0.3) is 0 Å². The van der Waals surface area contributed by atoms with Crippen molar-refractivity contribution < 1.29 is 0 Å². The molecule has 0 heterocycles. The molecule has 0 aromatic heterocycles. The van der Waals surface area contributed by atoms with Gasteiger partial charge in [-0.3, -0.25) is 0 Å². The Kier molecular flexibility index (Phi) is 1.92. The van der Waals surface area contributed by atoms with Crippen LogP contribution >= 0.6 is 0 Å². The van der Waals surface area contributed by atoms with Gasteiger partial charge in [0, 0.05) is 5.69 Å². The van der Waals surface area contributed by atoms with Crippen molar-refractivity contribution in [1.29, 1.82) is 0 Å². The molecule has 0 saturated carbocycles. The number of hydrogen-bond donors (Lipinski definition) is 0. The summed E-state index contributed by atoms with van der Waals surface area (Å²) in [7, 11) is 1.50. The van der Waals surface area contributed by atoms with Gasteiger partial charge in [0.25, 0.3) is 0 Å². The molecule has 0 radical (unpaired) electrons. The van der Waals surface area contributed by atoms with E-state index >= 15 is 0 Å². The molecule has 2 nitrogen and oxygen atoms in total. The highest BCUT2D eigenvalue weighted by Gasteiger charge is 1.91. The van der Waals surface area contributed by atoms with E-state index in [2.05, 4.69) is 0 Å². The maximum atomic E-state index is 10.8. The summed E-state index contributed by atoms with van der Waals surface area (Å²) in [6, 6.07) is 7.51. The van der Waals surface area contributed by atoms with Crippen LogP contribution < -0.4 is 5.06 Å². The number of hydrogen-bond acceptors (Lipinski definition) is 2. The van der Waals surface area contributed by atoms with E-state index in [0.717, 1.165) is 16.3 Å². The third-order valence-corrected chi connectivity index (χ3v) is 1.45. The summed E-state index contributed by atoms with van der Waals surface area (Å²) >= 11 is 0. The first-order chi connectivity index (χ1) is 4.72. The topological polar surface area (TPSA) is 26.3 Å². The number of hydroxylamine groups is 1. The predicted octanol–water partition coefficient (Wildman–Crippen LogP) is 1.93. The van der Waals surface area contributed by atoms with Crippen LogP contribution in [0.15, 0.2) is 24.3 Å². The molecule has 1 aromatic rings. The fourth-order valence-electron chi connectivity index (χ4n) is 0.917. The van der Waals surface area contributed by atoms with E-state index in [1.807, 2.05) is 31.2 Å². The summed E-state index contributed by atoms with van der Waals surface area (Å²) in [5.74, 6) is 0. The SMILES string of the molecule is Cc1ccccc1N(C)[O-]. The third-order valence-electron chi connectivity index (χ3n) is 1.45. The fourth-order valence-corrected chi connectivity index (χ4v) is 0.917. The highest BCUT2D eigenvalue weighted by molar-refractivity contribution is 5.52. The summed E-state index contributed by atoms with van der Waals surface area (Å²) in [6.45, 7) is 1.92. The van der Waals surface area contributed by atoms with E-state index in [-0.39, 0.29) is 0 Å². The van der Waals surface area contributed by atoms with Gasteiger partial charge >= 0.3 is 0 Å². The maximum Gasteiger partial charge on any atom is 0.0286 e. The van der Waals surface area contributed by atoms with Crippen LogP contribution in [0, 0.1) is 12.1 Å². The molecular weight excluding hydrogens is 126 g/mol. The second kappa shape index (κ2) is 2.71. The average molecular weight is 136 g/mol. The molecule has 0 unspecified atom stereocenters. The summed E-state index contributed by atoms with van der Waals surface area (Å²) in [6.07, 6.45) is 0. The Balaban J connectivity index is 3.03. The van der Waals surface area contributed by atoms with Crippen molar-refractivity contribution in [3.05, 3.63) is 35.0 Å². The van der Waals surface area contributed by atoms with Gasteiger partial charge in [0.05, 0.1) is 0 Å². The first-order valence-corrected chi connectivity index (χ1v) is 3.18. The van der Waals surface area contributed by atoms with Gasteiger partial charge in [-0.15, -0.1) is 0 Å². The van der Waals surface area contributed by atoms with Crippen LogP contribution in [0.5, 0.6) is 0 Å². The van der Waals surface area contributed by atoms with E-state index in [9.17, 15) is 5.21 Å². The zero-order valence-electron chi connectivity index (χ0n) is 6.16. The van der Waals surface area contributed by atoms with Gasteiger partial charge in [-0.05, 0) is 25.6 Å². The van der Waals surface area contributed by atoms with Crippen molar-refractivity contribution >= 4 is 5.69 Å². The normalized spacial score (nSPS) is 9.50. The molecule has 0 N–H and O–H groups in total. The smallest absolute Gasteiger partial charge is 0.0286 e. The molecular formula is C8H10NO-. The molecule has 0 aliphatic carbocycles. The lowest BCUT2D eigenvalue weighted by atomic mass is 10.2. The van der Waals surface area contributed by atoms with Crippen molar-refractivity contribution in [2.45, 2.75) is 6.92 Å². The van der Waals surface area contributed by atoms with Gasteiger partial charge in [-0.1, -0.05) is 18.2 Å². The molecule has 0 aliphatic heterocycles. The molecule has 0 bridgehead atoms. The summed E-state index contributed by atoms with van der Waals surface area (Å²) in [5.41, 5.74) is 1.75. The Labute approximate surface area is 60.7 Å². The van der Waals surface area contributed by atoms with Gasteiger partial charge in [-0.25, -0.2) is 0 Å².